The molecule has 1 saturated heterocycles. The Labute approximate surface area is 107 Å². The number of hydrogen-bond donors (Lipinski definition) is 1. The zero-order valence-electron chi connectivity index (χ0n) is 10.2. The summed E-state index contributed by atoms with van der Waals surface area (Å²) >= 11 is 2.02. The fraction of sp³-hybridized carbons (Fsp3) is 0.571. The lowest BCUT2D eigenvalue weighted by Gasteiger charge is -2.39. The van der Waals surface area contributed by atoms with Crippen molar-refractivity contribution in [1.82, 2.24) is 5.32 Å². The van der Waals surface area contributed by atoms with E-state index in [9.17, 15) is 0 Å². The van der Waals surface area contributed by atoms with Gasteiger partial charge in [0.1, 0.15) is 11.4 Å². The molecule has 2 nitrogen and oxygen atoms in total. The normalized spacial score (nSPS) is 31.2. The van der Waals surface area contributed by atoms with Gasteiger partial charge in [0.2, 0.25) is 0 Å². The van der Waals surface area contributed by atoms with Crippen molar-refractivity contribution in [1.29, 1.82) is 0 Å². The van der Waals surface area contributed by atoms with Crippen molar-refractivity contribution in [3.63, 3.8) is 0 Å². The van der Waals surface area contributed by atoms with E-state index in [-0.39, 0.29) is 5.60 Å². The number of para-hydroxylation sites is 1. The van der Waals surface area contributed by atoms with Gasteiger partial charge in [0.25, 0.3) is 0 Å². The molecular weight excluding hydrogens is 230 g/mol. The molecule has 2 aliphatic heterocycles. The van der Waals surface area contributed by atoms with Crippen LogP contribution in [0.5, 0.6) is 5.75 Å². The second-order valence-corrected chi connectivity index (χ2v) is 6.05. The van der Waals surface area contributed by atoms with E-state index in [1.807, 2.05) is 11.8 Å². The van der Waals surface area contributed by atoms with Gasteiger partial charge in [0.05, 0.1) is 0 Å². The highest BCUT2D eigenvalue weighted by Gasteiger charge is 2.43. The molecule has 3 rings (SSSR count). The Morgan fingerprint density at radius 3 is 3.12 bits per heavy atom. The first kappa shape index (κ1) is 11.4. The lowest BCUT2D eigenvalue weighted by Crippen LogP contribution is -2.44. The predicted octanol–water partition coefficient (Wildman–Crippen LogP) is 3.00. The minimum Gasteiger partial charge on any atom is -0.486 e. The third-order valence-electron chi connectivity index (χ3n) is 3.71. The highest BCUT2D eigenvalue weighted by molar-refractivity contribution is 7.99. The Balaban J connectivity index is 1.94. The van der Waals surface area contributed by atoms with Crippen LogP contribution in [0.2, 0.25) is 0 Å². The molecule has 0 amide bonds. The number of ether oxygens (including phenoxy) is 1. The average Bonchev–Trinajstić information content (AvgIpc) is 2.77. The van der Waals surface area contributed by atoms with Crippen LogP contribution in [0.4, 0.5) is 0 Å². The first-order valence-electron chi connectivity index (χ1n) is 6.42. The number of hydrogen-bond acceptors (Lipinski definition) is 3. The van der Waals surface area contributed by atoms with Crippen LogP contribution in [0.25, 0.3) is 0 Å². The third kappa shape index (κ3) is 2.06. The van der Waals surface area contributed by atoms with Gasteiger partial charge in [-0.25, -0.2) is 0 Å². The predicted molar refractivity (Wildman–Crippen MR) is 72.8 cm³/mol. The fourth-order valence-electron chi connectivity index (χ4n) is 2.88. The maximum Gasteiger partial charge on any atom is 0.124 e. The zero-order valence-corrected chi connectivity index (χ0v) is 11.1. The van der Waals surface area contributed by atoms with Gasteiger partial charge < -0.3 is 10.1 Å². The van der Waals surface area contributed by atoms with Crippen LogP contribution in [0.15, 0.2) is 24.3 Å². The maximum atomic E-state index is 6.30. The highest BCUT2D eigenvalue weighted by atomic mass is 32.2. The molecule has 0 saturated carbocycles. The molecule has 2 atom stereocenters. The Hall–Kier alpha value is -0.670. The number of thioether (sulfide) groups is 1. The van der Waals surface area contributed by atoms with Gasteiger partial charge in [-0.1, -0.05) is 25.1 Å². The monoisotopic (exact) mass is 249 g/mol. The van der Waals surface area contributed by atoms with Gasteiger partial charge in [0.15, 0.2) is 0 Å². The van der Waals surface area contributed by atoms with Crippen LogP contribution in [0.3, 0.4) is 0 Å². The lowest BCUT2D eigenvalue weighted by molar-refractivity contribution is 0.0555. The Morgan fingerprint density at radius 2 is 2.35 bits per heavy atom. The largest absolute Gasteiger partial charge is 0.486 e. The SMILES string of the molecule is CCNC1CC2(CCSC2)Oc2ccccc21. The molecule has 1 N–H and O–H groups in total. The average molecular weight is 249 g/mol. The van der Waals surface area contributed by atoms with Gasteiger partial charge in [-0.05, 0) is 24.8 Å². The molecule has 1 aromatic rings. The van der Waals surface area contributed by atoms with Gasteiger partial charge in [-0.15, -0.1) is 0 Å². The van der Waals surface area contributed by atoms with Crippen molar-refractivity contribution in [2.24, 2.45) is 0 Å². The molecule has 3 heteroatoms. The number of rotatable bonds is 2. The van der Waals surface area contributed by atoms with Crippen molar-refractivity contribution >= 4 is 11.8 Å². The first-order chi connectivity index (χ1) is 8.33. The summed E-state index contributed by atoms with van der Waals surface area (Å²) in [6.45, 7) is 3.19. The smallest absolute Gasteiger partial charge is 0.124 e. The lowest BCUT2D eigenvalue weighted by atomic mass is 9.86. The van der Waals surface area contributed by atoms with Gasteiger partial charge in [0, 0.05) is 23.8 Å². The second-order valence-electron chi connectivity index (χ2n) is 4.94. The topological polar surface area (TPSA) is 21.3 Å². The number of benzene rings is 1. The van der Waals surface area contributed by atoms with Crippen molar-refractivity contribution in [2.75, 3.05) is 18.1 Å². The summed E-state index contributed by atoms with van der Waals surface area (Å²) in [6, 6.07) is 8.95. The van der Waals surface area contributed by atoms with E-state index in [4.69, 9.17) is 4.74 Å². The third-order valence-corrected chi connectivity index (χ3v) is 4.94. The molecule has 17 heavy (non-hydrogen) atoms. The summed E-state index contributed by atoms with van der Waals surface area (Å²) < 4.78 is 6.30. The van der Waals surface area contributed by atoms with E-state index in [2.05, 4.69) is 36.5 Å². The van der Waals surface area contributed by atoms with Crippen molar-refractivity contribution in [3.05, 3.63) is 29.8 Å². The van der Waals surface area contributed by atoms with Crippen molar-refractivity contribution < 1.29 is 4.74 Å². The number of nitrogens with one attached hydrogen (secondary N) is 1. The summed E-state index contributed by atoms with van der Waals surface area (Å²) in [5.41, 5.74) is 1.42. The number of fused-ring (bicyclic) bond motifs is 1. The molecule has 0 bridgehead atoms. The Bertz CT molecular complexity index is 401. The van der Waals surface area contributed by atoms with Crippen LogP contribution in [-0.2, 0) is 0 Å². The summed E-state index contributed by atoms with van der Waals surface area (Å²) in [5.74, 6) is 3.47. The molecule has 2 unspecified atom stereocenters. The molecule has 0 radical (unpaired) electrons. The van der Waals surface area contributed by atoms with Crippen molar-refractivity contribution in [3.8, 4) is 5.75 Å². The van der Waals surface area contributed by atoms with E-state index >= 15 is 0 Å². The Kier molecular flexibility index (Phi) is 3.05. The van der Waals surface area contributed by atoms with Gasteiger partial charge >= 0.3 is 0 Å². The molecule has 1 aromatic carbocycles. The van der Waals surface area contributed by atoms with Crippen LogP contribution in [0, 0.1) is 0 Å². The summed E-state index contributed by atoms with van der Waals surface area (Å²) in [5, 5.41) is 3.60. The molecular formula is C14H19NOS. The van der Waals surface area contributed by atoms with E-state index in [0.717, 1.165) is 24.5 Å². The van der Waals surface area contributed by atoms with E-state index in [0.29, 0.717) is 6.04 Å². The van der Waals surface area contributed by atoms with Crippen LogP contribution >= 0.6 is 11.8 Å². The summed E-state index contributed by atoms with van der Waals surface area (Å²) in [6.07, 6.45) is 2.30. The van der Waals surface area contributed by atoms with E-state index in [1.165, 1.54) is 17.7 Å². The van der Waals surface area contributed by atoms with E-state index < -0.39 is 0 Å². The standard InChI is InChI=1S/C14H19NOS/c1-2-15-12-9-14(7-8-17-10-14)16-13-6-4-3-5-11(12)13/h3-6,12,15H,2,7-10H2,1H3. The molecule has 1 fully saturated rings. The molecule has 0 aromatic heterocycles. The molecule has 2 aliphatic rings. The first-order valence-corrected chi connectivity index (χ1v) is 7.57. The summed E-state index contributed by atoms with van der Waals surface area (Å²) in [7, 11) is 0. The van der Waals surface area contributed by atoms with Crippen LogP contribution in [-0.4, -0.2) is 23.7 Å². The second kappa shape index (κ2) is 4.54. The van der Waals surface area contributed by atoms with Crippen molar-refractivity contribution in [2.45, 2.75) is 31.4 Å². The quantitative estimate of drug-likeness (QED) is 0.870. The van der Waals surface area contributed by atoms with Crippen LogP contribution in [0.1, 0.15) is 31.4 Å². The Morgan fingerprint density at radius 1 is 1.47 bits per heavy atom. The maximum absolute atomic E-state index is 6.30. The molecule has 92 valence electrons. The highest BCUT2D eigenvalue weighted by Crippen LogP contribution is 2.45. The fourth-order valence-corrected chi connectivity index (χ4v) is 4.23. The zero-order chi connectivity index (χ0) is 11.7. The molecule has 1 spiro atoms. The molecule has 2 heterocycles. The van der Waals surface area contributed by atoms with Crippen LogP contribution < -0.4 is 10.1 Å². The van der Waals surface area contributed by atoms with Gasteiger partial charge in [-0.2, -0.15) is 11.8 Å². The minimum absolute atomic E-state index is 0.0891. The van der Waals surface area contributed by atoms with E-state index in [1.54, 1.807) is 0 Å². The molecule has 0 aliphatic carbocycles. The minimum atomic E-state index is 0.0891. The summed E-state index contributed by atoms with van der Waals surface area (Å²) in [4.78, 5) is 0. The van der Waals surface area contributed by atoms with Gasteiger partial charge in [-0.3, -0.25) is 0 Å².